The van der Waals surface area contributed by atoms with Crippen LogP contribution in [0.15, 0.2) is 24.5 Å². The first kappa shape index (κ1) is 23.5. The van der Waals surface area contributed by atoms with E-state index in [0.717, 1.165) is 31.6 Å². The summed E-state index contributed by atoms with van der Waals surface area (Å²) in [6.07, 6.45) is -7.86. The average Bonchev–Trinajstić information content (AvgIpc) is 2.59. The normalized spacial score (nSPS) is 11.3. The summed E-state index contributed by atoms with van der Waals surface area (Å²) in [5, 5.41) is 8.49. The number of nitrogens with zero attached hydrogens (tertiary/aromatic N) is 2. The number of esters is 1. The van der Waals surface area contributed by atoms with Crippen molar-refractivity contribution in [1.29, 1.82) is 0 Å². The second-order valence-corrected chi connectivity index (χ2v) is 5.04. The highest BCUT2D eigenvalue weighted by molar-refractivity contribution is 5.96. The molecule has 2 aromatic rings. The van der Waals surface area contributed by atoms with Crippen molar-refractivity contribution in [3.63, 3.8) is 0 Å². The fourth-order valence-electron chi connectivity index (χ4n) is 1.92. The molecule has 0 radical (unpaired) electrons. The molecule has 158 valence electrons. The van der Waals surface area contributed by atoms with E-state index in [1.165, 1.54) is 0 Å². The van der Waals surface area contributed by atoms with Gasteiger partial charge in [-0.25, -0.2) is 9.59 Å². The Bertz CT molecular complexity index is 915. The Hall–Kier alpha value is -3.58. The number of rotatable bonds is 2. The van der Waals surface area contributed by atoms with Crippen LogP contribution in [0.1, 0.15) is 32.1 Å². The van der Waals surface area contributed by atoms with Crippen molar-refractivity contribution in [1.82, 2.24) is 9.97 Å². The van der Waals surface area contributed by atoms with Crippen LogP contribution in [0.5, 0.6) is 0 Å². The van der Waals surface area contributed by atoms with E-state index in [0.29, 0.717) is 0 Å². The zero-order valence-corrected chi connectivity index (χ0v) is 14.3. The van der Waals surface area contributed by atoms with Gasteiger partial charge < -0.3 is 21.3 Å². The minimum absolute atomic E-state index is 0.316. The van der Waals surface area contributed by atoms with Gasteiger partial charge in [-0.1, -0.05) is 0 Å². The summed E-state index contributed by atoms with van der Waals surface area (Å²) in [6.45, 7) is 0. The molecule has 14 heteroatoms. The van der Waals surface area contributed by atoms with E-state index in [-0.39, 0.29) is 5.69 Å². The molecule has 0 saturated carbocycles. The number of nitrogens with two attached hydrogens (primary N) is 2. The summed E-state index contributed by atoms with van der Waals surface area (Å²) >= 11 is 0. The van der Waals surface area contributed by atoms with Crippen molar-refractivity contribution in [2.45, 2.75) is 12.4 Å². The van der Waals surface area contributed by atoms with Gasteiger partial charge >= 0.3 is 24.3 Å². The lowest BCUT2D eigenvalue weighted by Crippen LogP contribution is -2.18. The highest BCUT2D eigenvalue weighted by Crippen LogP contribution is 2.33. The van der Waals surface area contributed by atoms with Crippen LogP contribution in [0.2, 0.25) is 0 Å². The highest BCUT2D eigenvalue weighted by atomic mass is 19.4. The van der Waals surface area contributed by atoms with Crippen molar-refractivity contribution >= 4 is 23.3 Å². The van der Waals surface area contributed by atoms with Gasteiger partial charge in [0.15, 0.2) is 11.4 Å². The van der Waals surface area contributed by atoms with Crippen LogP contribution >= 0.6 is 0 Å². The molecule has 2 rings (SSSR count). The predicted molar refractivity (Wildman–Crippen MR) is 85.6 cm³/mol. The van der Waals surface area contributed by atoms with E-state index in [1.54, 1.807) is 0 Å². The monoisotopic (exact) mass is 426 g/mol. The minimum atomic E-state index is -4.82. The third kappa shape index (κ3) is 5.70. The number of nitrogen functional groups attached to an aromatic ring is 2. The number of ether oxygens (including phenoxy) is 1. The first-order chi connectivity index (χ1) is 13.2. The number of aromatic nitrogens is 2. The molecule has 0 aliphatic rings. The fourth-order valence-corrected chi connectivity index (χ4v) is 1.92. The number of carboxylic acid groups (broad SMARTS) is 1. The van der Waals surface area contributed by atoms with Gasteiger partial charge in [0.2, 0.25) is 0 Å². The molecule has 0 saturated heterocycles. The van der Waals surface area contributed by atoms with E-state index in [2.05, 4.69) is 14.7 Å². The summed E-state index contributed by atoms with van der Waals surface area (Å²) in [5.41, 5.74) is 4.99. The third-order valence-electron chi connectivity index (χ3n) is 3.11. The van der Waals surface area contributed by atoms with E-state index < -0.39 is 52.5 Å². The van der Waals surface area contributed by atoms with Crippen molar-refractivity contribution in [2.24, 2.45) is 0 Å². The molecule has 2 aromatic heterocycles. The van der Waals surface area contributed by atoms with Crippen molar-refractivity contribution < 1.29 is 45.8 Å². The number of carbonyl (C=O) groups is 2. The molecule has 2 heterocycles. The summed E-state index contributed by atoms with van der Waals surface area (Å²) in [4.78, 5) is 27.5. The lowest BCUT2D eigenvalue weighted by atomic mass is 10.1. The number of carboxylic acids is 1. The summed E-state index contributed by atoms with van der Waals surface area (Å²) in [5.74, 6) is -2.91. The molecule has 29 heavy (non-hydrogen) atoms. The quantitative estimate of drug-likeness (QED) is 0.492. The molecular formula is C15H12F6N4O4. The predicted octanol–water partition coefficient (Wildman–Crippen LogP) is 2.85. The van der Waals surface area contributed by atoms with Gasteiger partial charge in [-0.15, -0.1) is 0 Å². The molecule has 8 nitrogen and oxygen atoms in total. The molecule has 0 unspecified atom stereocenters. The molecule has 0 spiro atoms. The van der Waals surface area contributed by atoms with Gasteiger partial charge in [0.05, 0.1) is 7.11 Å². The second kappa shape index (κ2) is 8.62. The number of carbonyl (C=O) groups excluding carboxylic acids is 1. The van der Waals surface area contributed by atoms with Gasteiger partial charge in [-0.3, -0.25) is 9.97 Å². The van der Waals surface area contributed by atoms with Crippen LogP contribution in [-0.2, 0) is 17.1 Å². The number of halogens is 6. The van der Waals surface area contributed by atoms with Crippen molar-refractivity contribution in [2.75, 3.05) is 18.6 Å². The molecular weight excluding hydrogens is 414 g/mol. The van der Waals surface area contributed by atoms with Gasteiger partial charge in [-0.2, -0.15) is 26.3 Å². The largest absolute Gasteiger partial charge is 0.478 e. The first-order valence-electron chi connectivity index (χ1n) is 7.16. The highest BCUT2D eigenvalue weighted by Gasteiger charge is 2.39. The van der Waals surface area contributed by atoms with Gasteiger partial charge in [0.25, 0.3) is 0 Å². The van der Waals surface area contributed by atoms with E-state index in [9.17, 15) is 35.9 Å². The zero-order chi connectivity index (χ0) is 22.6. The summed E-state index contributed by atoms with van der Waals surface area (Å²) in [7, 11) is 0.967. The van der Waals surface area contributed by atoms with E-state index >= 15 is 0 Å². The number of pyridine rings is 2. The molecule has 0 aromatic carbocycles. The Morgan fingerprint density at radius 2 is 1.28 bits per heavy atom. The maximum absolute atomic E-state index is 12.4. The first-order valence-corrected chi connectivity index (χ1v) is 7.16. The molecule has 5 N–H and O–H groups in total. The molecule has 0 fully saturated rings. The van der Waals surface area contributed by atoms with Gasteiger partial charge in [0, 0.05) is 23.8 Å². The SMILES string of the molecule is COC(=O)c1c(N)ccnc1C(F)(F)F.Nc1ccnc(C(F)(F)F)c1C(=O)O. The van der Waals surface area contributed by atoms with Crippen LogP contribution in [0, 0.1) is 0 Å². The molecule has 0 amide bonds. The Balaban J connectivity index is 0.000000291. The van der Waals surface area contributed by atoms with Crippen LogP contribution < -0.4 is 11.5 Å². The Morgan fingerprint density at radius 3 is 1.59 bits per heavy atom. The van der Waals surface area contributed by atoms with Gasteiger partial charge in [-0.05, 0) is 12.1 Å². The maximum Gasteiger partial charge on any atom is 0.434 e. The standard InChI is InChI=1S/C8H7F3N2O2.C7H5F3N2O2/c1-15-7(14)5-4(12)2-3-13-6(5)8(9,10)11;8-7(9,10)5-4(6(13)14)3(11)1-2-12-5/h2-3H,1H3,(H2,12,13);1-2H,(H2,11,12)(H,13,14). The van der Waals surface area contributed by atoms with Crippen LogP contribution in [-0.4, -0.2) is 34.1 Å². The van der Waals surface area contributed by atoms with Gasteiger partial charge in [0.1, 0.15) is 11.1 Å². The smallest absolute Gasteiger partial charge is 0.434 e. The molecule has 0 aliphatic heterocycles. The number of hydrogen-bond acceptors (Lipinski definition) is 7. The molecule has 0 bridgehead atoms. The third-order valence-corrected chi connectivity index (χ3v) is 3.11. The molecule has 0 atom stereocenters. The van der Waals surface area contributed by atoms with Crippen molar-refractivity contribution in [3.8, 4) is 0 Å². The summed E-state index contributed by atoms with van der Waals surface area (Å²) < 4.78 is 78.0. The van der Waals surface area contributed by atoms with Crippen LogP contribution in [0.25, 0.3) is 0 Å². The number of anilines is 2. The minimum Gasteiger partial charge on any atom is -0.478 e. The number of methoxy groups -OCH3 is 1. The summed E-state index contributed by atoms with van der Waals surface area (Å²) in [6, 6.07) is 2.10. The molecule has 0 aliphatic carbocycles. The number of alkyl halides is 6. The van der Waals surface area contributed by atoms with E-state index in [1.807, 2.05) is 0 Å². The zero-order valence-electron chi connectivity index (χ0n) is 14.3. The lowest BCUT2D eigenvalue weighted by Gasteiger charge is -2.11. The fraction of sp³-hybridized carbons (Fsp3) is 0.200. The maximum atomic E-state index is 12.4. The Labute approximate surface area is 158 Å². The van der Waals surface area contributed by atoms with E-state index in [4.69, 9.17) is 16.6 Å². The average molecular weight is 426 g/mol. The number of aromatic carboxylic acids is 1. The van der Waals surface area contributed by atoms with Crippen LogP contribution in [0.3, 0.4) is 0 Å². The Morgan fingerprint density at radius 1 is 0.897 bits per heavy atom. The number of hydrogen-bond donors (Lipinski definition) is 3. The second-order valence-electron chi connectivity index (χ2n) is 5.04. The topological polar surface area (TPSA) is 141 Å². The lowest BCUT2D eigenvalue weighted by molar-refractivity contribution is -0.142. The Kier molecular flexibility index (Phi) is 6.97. The van der Waals surface area contributed by atoms with Crippen molar-refractivity contribution in [3.05, 3.63) is 47.0 Å². The van der Waals surface area contributed by atoms with Crippen LogP contribution in [0.4, 0.5) is 37.7 Å².